The van der Waals surface area contributed by atoms with E-state index in [1.54, 1.807) is 12.1 Å². The number of rotatable bonds is 3. The quantitative estimate of drug-likeness (QED) is 0.695. The van der Waals surface area contributed by atoms with E-state index in [4.69, 9.17) is 23.2 Å². The van der Waals surface area contributed by atoms with E-state index in [0.29, 0.717) is 21.0 Å². The maximum absolute atomic E-state index is 11.1. The maximum atomic E-state index is 11.1. The van der Waals surface area contributed by atoms with Gasteiger partial charge in [0.15, 0.2) is 5.16 Å². The van der Waals surface area contributed by atoms with Gasteiger partial charge in [-0.25, -0.2) is 4.98 Å². The molecule has 17 heavy (non-hydrogen) atoms. The smallest absolute Gasteiger partial charge is 0.251 e. The zero-order valence-corrected chi connectivity index (χ0v) is 10.9. The molecule has 1 aromatic carbocycles. The third kappa shape index (κ3) is 3.49. The average Bonchev–Trinajstić information content (AvgIpc) is 2.31. The van der Waals surface area contributed by atoms with Crippen LogP contribution in [0.2, 0.25) is 10.0 Å². The largest absolute Gasteiger partial charge is 0.301 e. The van der Waals surface area contributed by atoms with Crippen LogP contribution in [0.3, 0.4) is 0 Å². The molecule has 6 heteroatoms. The zero-order chi connectivity index (χ0) is 12.3. The van der Waals surface area contributed by atoms with Crippen molar-refractivity contribution in [3.8, 4) is 0 Å². The molecular formula is C11H8Cl2N2OS. The minimum absolute atomic E-state index is 0.156. The molecule has 88 valence electrons. The van der Waals surface area contributed by atoms with Crippen LogP contribution < -0.4 is 5.56 Å². The van der Waals surface area contributed by atoms with Crippen molar-refractivity contribution >= 4 is 35.0 Å². The minimum Gasteiger partial charge on any atom is -0.301 e. The van der Waals surface area contributed by atoms with Crippen molar-refractivity contribution in [3.05, 3.63) is 56.4 Å². The van der Waals surface area contributed by atoms with Gasteiger partial charge in [0.05, 0.1) is 10.0 Å². The molecule has 0 saturated carbocycles. The first-order chi connectivity index (χ1) is 8.15. The number of halogens is 2. The molecule has 0 saturated heterocycles. The second-order valence-electron chi connectivity index (χ2n) is 3.28. The van der Waals surface area contributed by atoms with Gasteiger partial charge >= 0.3 is 0 Å². The molecule has 0 aliphatic heterocycles. The molecule has 0 amide bonds. The molecule has 2 aromatic rings. The summed E-state index contributed by atoms with van der Waals surface area (Å²) >= 11 is 13.2. The van der Waals surface area contributed by atoms with Crippen molar-refractivity contribution in [1.82, 2.24) is 9.97 Å². The lowest BCUT2D eigenvalue weighted by Crippen LogP contribution is -2.05. The Balaban J connectivity index is 2.07. The van der Waals surface area contributed by atoms with Gasteiger partial charge < -0.3 is 4.98 Å². The summed E-state index contributed by atoms with van der Waals surface area (Å²) in [6.45, 7) is 0. The van der Waals surface area contributed by atoms with Crippen molar-refractivity contribution in [2.75, 3.05) is 0 Å². The summed E-state index contributed by atoms with van der Waals surface area (Å²) in [6, 6.07) is 6.82. The van der Waals surface area contributed by atoms with Crippen LogP contribution in [0.25, 0.3) is 0 Å². The summed E-state index contributed by atoms with van der Waals surface area (Å²) in [5, 5.41) is 1.65. The minimum atomic E-state index is -0.156. The number of aromatic amines is 1. The summed E-state index contributed by atoms with van der Waals surface area (Å²) in [6.07, 6.45) is 1.48. The second-order valence-corrected chi connectivity index (χ2v) is 5.05. The Morgan fingerprint density at radius 2 is 2.06 bits per heavy atom. The predicted octanol–water partition coefficient (Wildman–Crippen LogP) is 3.37. The number of H-pyrrole nitrogens is 1. The van der Waals surface area contributed by atoms with Crippen LogP contribution in [0, 0.1) is 0 Å². The SMILES string of the molecule is O=c1ccnc(SCc2ccc(Cl)c(Cl)c2)[nH]1. The Morgan fingerprint density at radius 3 is 2.76 bits per heavy atom. The number of hydrogen-bond donors (Lipinski definition) is 1. The van der Waals surface area contributed by atoms with E-state index >= 15 is 0 Å². The summed E-state index contributed by atoms with van der Waals surface area (Å²) in [4.78, 5) is 17.7. The molecule has 2 rings (SSSR count). The van der Waals surface area contributed by atoms with Gasteiger partial charge in [0.2, 0.25) is 0 Å². The van der Waals surface area contributed by atoms with E-state index in [0.717, 1.165) is 5.56 Å². The van der Waals surface area contributed by atoms with Crippen LogP contribution in [0.15, 0.2) is 40.4 Å². The van der Waals surface area contributed by atoms with E-state index in [1.165, 1.54) is 24.0 Å². The molecule has 1 heterocycles. The highest BCUT2D eigenvalue weighted by Crippen LogP contribution is 2.25. The second kappa shape index (κ2) is 5.58. The highest BCUT2D eigenvalue weighted by molar-refractivity contribution is 7.98. The molecule has 3 nitrogen and oxygen atoms in total. The predicted molar refractivity (Wildman–Crippen MR) is 70.9 cm³/mol. The Morgan fingerprint density at radius 1 is 1.24 bits per heavy atom. The molecule has 0 aliphatic carbocycles. The van der Waals surface area contributed by atoms with E-state index < -0.39 is 0 Å². The molecule has 0 unspecified atom stereocenters. The first-order valence-electron chi connectivity index (χ1n) is 4.77. The molecule has 0 atom stereocenters. The Labute approximate surface area is 112 Å². The standard InChI is InChI=1S/C11H8Cl2N2OS/c12-8-2-1-7(5-9(8)13)6-17-11-14-4-3-10(16)15-11/h1-5H,6H2,(H,14,15,16). The van der Waals surface area contributed by atoms with Crippen molar-refractivity contribution in [2.45, 2.75) is 10.9 Å². The molecule has 0 fully saturated rings. The Hall–Kier alpha value is -0.970. The normalized spacial score (nSPS) is 10.5. The highest BCUT2D eigenvalue weighted by atomic mass is 35.5. The summed E-state index contributed by atoms with van der Waals surface area (Å²) in [5.74, 6) is 0.670. The molecular weight excluding hydrogens is 279 g/mol. The molecule has 0 radical (unpaired) electrons. The van der Waals surface area contributed by atoms with E-state index in [-0.39, 0.29) is 5.56 Å². The van der Waals surface area contributed by atoms with Gasteiger partial charge in [0.1, 0.15) is 0 Å². The Bertz CT molecular complexity index is 586. The van der Waals surface area contributed by atoms with Crippen molar-refractivity contribution < 1.29 is 0 Å². The lowest BCUT2D eigenvalue weighted by atomic mass is 10.2. The maximum Gasteiger partial charge on any atom is 0.251 e. The molecule has 1 N–H and O–H groups in total. The number of nitrogens with zero attached hydrogens (tertiary/aromatic N) is 1. The lowest BCUT2D eigenvalue weighted by molar-refractivity contribution is 0.936. The summed E-state index contributed by atoms with van der Waals surface area (Å²) < 4.78 is 0. The Kier molecular flexibility index (Phi) is 4.10. The summed E-state index contributed by atoms with van der Waals surface area (Å²) in [5.41, 5.74) is 0.868. The van der Waals surface area contributed by atoms with Gasteiger partial charge in [-0.1, -0.05) is 41.0 Å². The van der Waals surface area contributed by atoms with Gasteiger partial charge in [-0.05, 0) is 17.7 Å². The van der Waals surface area contributed by atoms with Crippen LogP contribution in [0.4, 0.5) is 0 Å². The van der Waals surface area contributed by atoms with Gasteiger partial charge in [0.25, 0.3) is 5.56 Å². The first kappa shape index (κ1) is 12.5. The van der Waals surface area contributed by atoms with Crippen molar-refractivity contribution in [3.63, 3.8) is 0 Å². The van der Waals surface area contributed by atoms with Crippen molar-refractivity contribution in [1.29, 1.82) is 0 Å². The number of aromatic nitrogens is 2. The van der Waals surface area contributed by atoms with E-state index in [2.05, 4.69) is 9.97 Å². The van der Waals surface area contributed by atoms with Crippen LogP contribution in [-0.2, 0) is 5.75 Å². The number of benzene rings is 1. The number of nitrogens with one attached hydrogen (secondary N) is 1. The number of thioether (sulfide) groups is 1. The van der Waals surface area contributed by atoms with Crippen LogP contribution in [-0.4, -0.2) is 9.97 Å². The topological polar surface area (TPSA) is 45.8 Å². The third-order valence-electron chi connectivity index (χ3n) is 2.01. The van der Waals surface area contributed by atoms with Gasteiger partial charge in [0, 0.05) is 18.0 Å². The van der Waals surface area contributed by atoms with Gasteiger partial charge in [-0.15, -0.1) is 0 Å². The fourth-order valence-corrected chi connectivity index (χ4v) is 2.32. The van der Waals surface area contributed by atoms with Gasteiger partial charge in [-0.3, -0.25) is 4.79 Å². The van der Waals surface area contributed by atoms with Gasteiger partial charge in [-0.2, -0.15) is 0 Å². The monoisotopic (exact) mass is 286 g/mol. The molecule has 0 aliphatic rings. The van der Waals surface area contributed by atoms with E-state index in [9.17, 15) is 4.79 Å². The molecule has 1 aromatic heterocycles. The average molecular weight is 287 g/mol. The van der Waals surface area contributed by atoms with Crippen LogP contribution in [0.1, 0.15) is 5.56 Å². The van der Waals surface area contributed by atoms with E-state index in [1.807, 2.05) is 6.07 Å². The lowest BCUT2D eigenvalue weighted by Gasteiger charge is -2.02. The fraction of sp³-hybridized carbons (Fsp3) is 0.0909. The third-order valence-corrected chi connectivity index (χ3v) is 3.71. The first-order valence-corrected chi connectivity index (χ1v) is 6.51. The van der Waals surface area contributed by atoms with Crippen LogP contribution >= 0.6 is 35.0 Å². The fourth-order valence-electron chi connectivity index (χ4n) is 1.21. The highest BCUT2D eigenvalue weighted by Gasteiger charge is 2.01. The number of hydrogen-bond acceptors (Lipinski definition) is 3. The summed E-state index contributed by atoms with van der Waals surface area (Å²) in [7, 11) is 0. The van der Waals surface area contributed by atoms with Crippen LogP contribution in [0.5, 0.6) is 0 Å². The van der Waals surface area contributed by atoms with Crippen molar-refractivity contribution in [2.24, 2.45) is 0 Å². The zero-order valence-electron chi connectivity index (χ0n) is 8.61. The molecule has 0 bridgehead atoms. The molecule has 0 spiro atoms.